The van der Waals surface area contributed by atoms with Crippen LogP contribution in [-0.4, -0.2) is 45.9 Å². The number of hydrogen-bond acceptors (Lipinski definition) is 3. The van der Waals surface area contributed by atoms with Crippen molar-refractivity contribution in [1.29, 1.82) is 0 Å². The van der Waals surface area contributed by atoms with Gasteiger partial charge in [-0.15, -0.1) is 0 Å². The van der Waals surface area contributed by atoms with Crippen molar-refractivity contribution in [3.8, 4) is 0 Å². The van der Waals surface area contributed by atoms with Crippen molar-refractivity contribution in [2.75, 3.05) is 20.1 Å². The lowest BCUT2D eigenvalue weighted by molar-refractivity contribution is 0.0289. The zero-order chi connectivity index (χ0) is 11.6. The molecule has 15 heavy (non-hydrogen) atoms. The molecule has 4 nitrogen and oxygen atoms in total. The van der Waals surface area contributed by atoms with Crippen molar-refractivity contribution in [3.05, 3.63) is 0 Å². The minimum Gasteiger partial charge on any atom is -0.444 e. The molecule has 1 atom stereocenters. The first kappa shape index (κ1) is 13.0. The molecule has 0 aliphatic carbocycles. The molecular weight excluding hydrogens is 307 g/mol. The van der Waals surface area contributed by atoms with Gasteiger partial charge in [0.2, 0.25) is 0 Å². The van der Waals surface area contributed by atoms with Gasteiger partial charge >= 0.3 is 6.09 Å². The Morgan fingerprint density at radius 1 is 1.53 bits per heavy atom. The van der Waals surface area contributed by atoms with Crippen molar-refractivity contribution in [2.24, 2.45) is 0 Å². The zero-order valence-corrected chi connectivity index (χ0v) is 11.9. The fraction of sp³-hybridized carbons (Fsp3) is 0.900. The number of hydrogen-bond donors (Lipinski definition) is 0. The minimum absolute atomic E-state index is 0.191. The van der Waals surface area contributed by atoms with E-state index in [-0.39, 0.29) is 6.09 Å². The average molecular weight is 326 g/mol. The van der Waals surface area contributed by atoms with E-state index in [2.05, 4.69) is 26.0 Å². The molecule has 1 amide bonds. The van der Waals surface area contributed by atoms with Crippen molar-refractivity contribution >= 4 is 29.0 Å². The highest BCUT2D eigenvalue weighted by Crippen LogP contribution is 2.19. The molecule has 1 heterocycles. The molecule has 1 aliphatic heterocycles. The number of rotatable bonds is 1. The maximum absolute atomic E-state index is 11.7. The molecule has 88 valence electrons. The Hall–Kier alpha value is -0.0400. The van der Waals surface area contributed by atoms with Gasteiger partial charge in [0.05, 0.1) is 0 Å². The lowest BCUT2D eigenvalue weighted by Crippen LogP contribution is -2.37. The summed E-state index contributed by atoms with van der Waals surface area (Å²) < 4.78 is 7.44. The van der Waals surface area contributed by atoms with E-state index >= 15 is 0 Å². The van der Waals surface area contributed by atoms with Crippen LogP contribution in [0, 0.1) is 0 Å². The lowest BCUT2D eigenvalue weighted by atomic mass is 10.2. The molecule has 1 aliphatic rings. The quantitative estimate of drug-likeness (QED) is 0.547. The number of amides is 1. The zero-order valence-electron chi connectivity index (χ0n) is 9.79. The van der Waals surface area contributed by atoms with Gasteiger partial charge in [-0.1, -0.05) is 0 Å². The molecule has 0 bridgehead atoms. The first-order valence-corrected chi connectivity index (χ1v) is 6.12. The first-order valence-electron chi connectivity index (χ1n) is 5.16. The molecular formula is C10H19IN2O2. The standard InChI is InChI=1S/C10H19IN2O2/c1-10(2,3)15-9(14)13-6-5-8(7-13)12(4)11/h8H,5-7H2,1-4H3. The fourth-order valence-corrected chi connectivity index (χ4v) is 1.98. The van der Waals surface area contributed by atoms with E-state index < -0.39 is 5.60 Å². The summed E-state index contributed by atoms with van der Waals surface area (Å²) in [6, 6.07) is 0.457. The van der Waals surface area contributed by atoms with Crippen LogP contribution in [0.1, 0.15) is 27.2 Å². The van der Waals surface area contributed by atoms with Crippen LogP contribution in [-0.2, 0) is 4.74 Å². The van der Waals surface area contributed by atoms with Gasteiger partial charge in [-0.25, -0.2) is 7.91 Å². The van der Waals surface area contributed by atoms with Crippen LogP contribution < -0.4 is 0 Å². The van der Waals surface area contributed by atoms with E-state index in [9.17, 15) is 4.79 Å². The van der Waals surface area contributed by atoms with Crippen LogP contribution in [0.4, 0.5) is 4.79 Å². The number of nitrogens with zero attached hydrogens (tertiary/aromatic N) is 2. The molecule has 1 saturated heterocycles. The van der Waals surface area contributed by atoms with Gasteiger partial charge < -0.3 is 9.64 Å². The number of carbonyl (C=O) groups excluding carboxylic acids is 1. The molecule has 0 spiro atoms. The number of halogens is 1. The highest BCUT2D eigenvalue weighted by atomic mass is 127. The van der Waals surface area contributed by atoms with Crippen LogP contribution >= 0.6 is 22.9 Å². The van der Waals surface area contributed by atoms with E-state index in [1.54, 1.807) is 4.90 Å². The summed E-state index contributed by atoms with van der Waals surface area (Å²) in [4.78, 5) is 13.5. The maximum Gasteiger partial charge on any atom is 0.410 e. The molecule has 0 radical (unpaired) electrons. The summed E-state index contributed by atoms with van der Waals surface area (Å²) in [7, 11) is 2.03. The van der Waals surface area contributed by atoms with E-state index in [0.29, 0.717) is 6.04 Å². The predicted octanol–water partition coefficient (Wildman–Crippen LogP) is 2.28. The SMILES string of the molecule is CN(I)C1CCN(C(=O)OC(C)(C)C)C1. The van der Waals surface area contributed by atoms with Crippen LogP contribution in [0.3, 0.4) is 0 Å². The normalized spacial score (nSPS) is 22.3. The Labute approximate surface area is 105 Å². The summed E-state index contributed by atoms with van der Waals surface area (Å²) in [6.07, 6.45) is 0.835. The first-order chi connectivity index (χ1) is 6.79. The molecule has 1 unspecified atom stereocenters. The fourth-order valence-electron chi connectivity index (χ4n) is 1.52. The predicted molar refractivity (Wildman–Crippen MR) is 68.0 cm³/mol. The summed E-state index contributed by atoms with van der Waals surface area (Å²) in [6.45, 7) is 7.25. The van der Waals surface area contributed by atoms with Gasteiger partial charge in [0.25, 0.3) is 0 Å². The number of carbonyl (C=O) groups is 1. The van der Waals surface area contributed by atoms with Crippen LogP contribution in [0.2, 0.25) is 0 Å². The Kier molecular flexibility index (Phi) is 4.22. The van der Waals surface area contributed by atoms with Crippen LogP contribution in [0.5, 0.6) is 0 Å². The maximum atomic E-state index is 11.7. The smallest absolute Gasteiger partial charge is 0.410 e. The summed E-state index contributed by atoms with van der Waals surface area (Å²) in [5.74, 6) is 0. The van der Waals surface area contributed by atoms with Crippen molar-refractivity contribution in [1.82, 2.24) is 8.01 Å². The molecule has 0 aromatic rings. The number of ether oxygens (including phenoxy) is 1. The average Bonchev–Trinajstić information content (AvgIpc) is 2.47. The highest BCUT2D eigenvalue weighted by Gasteiger charge is 2.30. The van der Waals surface area contributed by atoms with Crippen molar-refractivity contribution in [3.63, 3.8) is 0 Å². The molecule has 0 saturated carbocycles. The van der Waals surface area contributed by atoms with Crippen molar-refractivity contribution < 1.29 is 9.53 Å². The molecule has 0 aromatic carbocycles. The Balaban J connectivity index is 2.44. The molecule has 1 fully saturated rings. The second-order valence-corrected chi connectivity index (χ2v) is 6.42. The Bertz CT molecular complexity index is 238. The summed E-state index contributed by atoms with van der Waals surface area (Å²) >= 11 is 2.26. The Morgan fingerprint density at radius 2 is 2.13 bits per heavy atom. The number of likely N-dealkylation sites (tertiary alicyclic amines) is 1. The largest absolute Gasteiger partial charge is 0.444 e. The van der Waals surface area contributed by atoms with Gasteiger partial charge in [0, 0.05) is 42.0 Å². The van der Waals surface area contributed by atoms with E-state index in [1.165, 1.54) is 0 Å². The second kappa shape index (κ2) is 4.86. The van der Waals surface area contributed by atoms with Gasteiger partial charge in [-0.05, 0) is 34.2 Å². The molecule has 1 rings (SSSR count). The van der Waals surface area contributed by atoms with E-state index in [0.717, 1.165) is 19.5 Å². The second-order valence-electron chi connectivity index (χ2n) is 4.89. The minimum atomic E-state index is -0.397. The molecule has 0 N–H and O–H groups in total. The van der Waals surface area contributed by atoms with E-state index in [1.807, 2.05) is 27.8 Å². The third kappa shape index (κ3) is 4.14. The van der Waals surface area contributed by atoms with E-state index in [4.69, 9.17) is 4.74 Å². The van der Waals surface area contributed by atoms with Gasteiger partial charge in [-0.2, -0.15) is 0 Å². The van der Waals surface area contributed by atoms with Crippen molar-refractivity contribution in [2.45, 2.75) is 38.8 Å². The summed E-state index contributed by atoms with van der Waals surface area (Å²) in [5.41, 5.74) is -0.397. The summed E-state index contributed by atoms with van der Waals surface area (Å²) in [5, 5.41) is 0. The number of likely N-dealkylation sites (N-methyl/N-ethyl adjacent to an activating group) is 1. The topological polar surface area (TPSA) is 32.8 Å². The molecule has 0 aromatic heterocycles. The van der Waals surface area contributed by atoms with Crippen LogP contribution in [0.25, 0.3) is 0 Å². The lowest BCUT2D eigenvalue weighted by Gasteiger charge is -2.24. The Morgan fingerprint density at radius 3 is 2.53 bits per heavy atom. The molecule has 5 heteroatoms. The monoisotopic (exact) mass is 326 g/mol. The van der Waals surface area contributed by atoms with Crippen LogP contribution in [0.15, 0.2) is 0 Å². The third-order valence-corrected chi connectivity index (χ3v) is 3.11. The third-order valence-electron chi connectivity index (χ3n) is 2.32. The van der Waals surface area contributed by atoms with Gasteiger partial charge in [0.1, 0.15) is 5.60 Å². The highest BCUT2D eigenvalue weighted by molar-refractivity contribution is 14.1. The van der Waals surface area contributed by atoms with Gasteiger partial charge in [-0.3, -0.25) is 0 Å². The van der Waals surface area contributed by atoms with Gasteiger partial charge in [0.15, 0.2) is 0 Å².